The van der Waals surface area contributed by atoms with Gasteiger partial charge < -0.3 is 9.64 Å². The van der Waals surface area contributed by atoms with Gasteiger partial charge in [0.1, 0.15) is 11.6 Å². The molecule has 1 saturated heterocycles. The zero-order chi connectivity index (χ0) is 20.4. The summed E-state index contributed by atoms with van der Waals surface area (Å²) >= 11 is 0. The summed E-state index contributed by atoms with van der Waals surface area (Å²) in [5, 5.41) is 4.50. The van der Waals surface area contributed by atoms with Crippen LogP contribution in [0.4, 0.5) is 0 Å². The van der Waals surface area contributed by atoms with E-state index >= 15 is 0 Å². The third-order valence-corrected chi connectivity index (χ3v) is 5.42. The van der Waals surface area contributed by atoms with Crippen LogP contribution in [0.3, 0.4) is 0 Å². The third kappa shape index (κ3) is 3.94. The van der Waals surface area contributed by atoms with Crippen LogP contribution in [0.15, 0.2) is 53.3 Å². The Morgan fingerprint density at radius 3 is 2.34 bits per heavy atom. The quantitative estimate of drug-likeness (QED) is 0.740. The number of amides is 1. The lowest BCUT2D eigenvalue weighted by Crippen LogP contribution is -2.38. The highest BCUT2D eigenvalue weighted by molar-refractivity contribution is 5.94. The molecule has 7 heteroatoms. The number of H-pyrrole nitrogens is 1. The van der Waals surface area contributed by atoms with E-state index in [4.69, 9.17) is 4.74 Å². The molecule has 0 radical (unpaired) electrons. The van der Waals surface area contributed by atoms with Crippen LogP contribution in [0.2, 0.25) is 0 Å². The molecule has 2 aromatic carbocycles. The Bertz CT molecular complexity index is 1040. The van der Waals surface area contributed by atoms with E-state index in [1.165, 1.54) is 4.68 Å². The minimum Gasteiger partial charge on any atom is -0.497 e. The van der Waals surface area contributed by atoms with Crippen LogP contribution in [0, 0.1) is 6.92 Å². The molecule has 1 fully saturated rings. The Hall–Kier alpha value is -3.35. The first-order valence-electron chi connectivity index (χ1n) is 9.75. The number of likely N-dealkylation sites (tertiary alicyclic amines) is 1. The van der Waals surface area contributed by atoms with Gasteiger partial charge in [-0.15, -0.1) is 5.10 Å². The number of ether oxygens (including phenoxy) is 1. The molecule has 1 aromatic heterocycles. The van der Waals surface area contributed by atoms with Crippen LogP contribution in [0.5, 0.6) is 5.75 Å². The molecule has 1 N–H and O–H groups in total. The molecular weight excluding hydrogens is 368 g/mol. The monoisotopic (exact) mass is 392 g/mol. The minimum atomic E-state index is -0.261. The smallest absolute Gasteiger partial charge is 0.348 e. The van der Waals surface area contributed by atoms with Crippen molar-refractivity contribution in [3.63, 3.8) is 0 Å². The third-order valence-electron chi connectivity index (χ3n) is 5.42. The number of rotatable bonds is 4. The molecule has 1 aliphatic heterocycles. The predicted octanol–water partition coefficient (Wildman–Crippen LogP) is 2.90. The van der Waals surface area contributed by atoms with Crippen molar-refractivity contribution in [2.75, 3.05) is 20.2 Å². The number of aromatic nitrogens is 3. The molecule has 0 aliphatic carbocycles. The highest BCUT2D eigenvalue weighted by Gasteiger charge is 2.27. The Morgan fingerprint density at radius 1 is 1.07 bits per heavy atom. The highest BCUT2D eigenvalue weighted by atomic mass is 16.5. The molecule has 150 valence electrons. The maximum absolute atomic E-state index is 12.7. The summed E-state index contributed by atoms with van der Waals surface area (Å²) in [6, 6.07) is 14.8. The van der Waals surface area contributed by atoms with Gasteiger partial charge in [-0.25, -0.2) is 4.79 Å². The number of carbonyl (C=O) groups is 1. The van der Waals surface area contributed by atoms with E-state index in [0.29, 0.717) is 30.2 Å². The molecule has 0 spiro atoms. The van der Waals surface area contributed by atoms with Crippen molar-refractivity contribution in [2.24, 2.45) is 0 Å². The van der Waals surface area contributed by atoms with Crippen molar-refractivity contribution in [3.8, 4) is 11.4 Å². The minimum absolute atomic E-state index is 0.0562. The molecule has 1 aliphatic rings. The molecular formula is C22H24N4O3. The van der Waals surface area contributed by atoms with Gasteiger partial charge in [-0.05, 0) is 56.2 Å². The summed E-state index contributed by atoms with van der Waals surface area (Å²) in [4.78, 5) is 29.8. The van der Waals surface area contributed by atoms with Gasteiger partial charge >= 0.3 is 5.69 Å². The lowest BCUT2D eigenvalue weighted by molar-refractivity contribution is 0.0711. The number of hydrogen-bond donors (Lipinski definition) is 1. The number of aryl methyl sites for hydroxylation is 1. The van der Waals surface area contributed by atoms with Crippen LogP contribution in [0.1, 0.15) is 40.5 Å². The number of carbonyl (C=O) groups excluding carboxylic acids is 1. The van der Waals surface area contributed by atoms with Crippen molar-refractivity contribution in [1.82, 2.24) is 19.7 Å². The van der Waals surface area contributed by atoms with Gasteiger partial charge in [0.2, 0.25) is 0 Å². The van der Waals surface area contributed by atoms with Crippen LogP contribution < -0.4 is 10.4 Å². The fourth-order valence-corrected chi connectivity index (χ4v) is 3.66. The number of aromatic amines is 1. The van der Waals surface area contributed by atoms with Crippen molar-refractivity contribution in [1.29, 1.82) is 0 Å². The molecule has 29 heavy (non-hydrogen) atoms. The Balaban J connectivity index is 1.44. The van der Waals surface area contributed by atoms with E-state index in [1.54, 1.807) is 31.4 Å². The fraction of sp³-hybridized carbons (Fsp3) is 0.318. The lowest BCUT2D eigenvalue weighted by atomic mass is 9.95. The van der Waals surface area contributed by atoms with E-state index in [2.05, 4.69) is 10.1 Å². The molecule has 0 atom stereocenters. The van der Waals surface area contributed by atoms with E-state index in [1.807, 2.05) is 36.1 Å². The van der Waals surface area contributed by atoms with Crippen LogP contribution >= 0.6 is 0 Å². The van der Waals surface area contributed by atoms with E-state index < -0.39 is 0 Å². The summed E-state index contributed by atoms with van der Waals surface area (Å²) in [7, 11) is 1.60. The maximum atomic E-state index is 12.7. The molecule has 2 heterocycles. The number of hydrogen-bond acceptors (Lipinski definition) is 4. The molecule has 7 nitrogen and oxygen atoms in total. The number of methoxy groups -OCH3 is 1. The van der Waals surface area contributed by atoms with Crippen LogP contribution in [0.25, 0.3) is 5.69 Å². The van der Waals surface area contributed by atoms with Crippen LogP contribution in [-0.4, -0.2) is 45.8 Å². The van der Waals surface area contributed by atoms with Gasteiger partial charge in [-0.1, -0.05) is 17.7 Å². The van der Waals surface area contributed by atoms with Crippen molar-refractivity contribution >= 4 is 5.91 Å². The lowest BCUT2D eigenvalue weighted by Gasteiger charge is -2.31. The van der Waals surface area contributed by atoms with E-state index in [-0.39, 0.29) is 17.5 Å². The van der Waals surface area contributed by atoms with E-state index in [9.17, 15) is 9.59 Å². The summed E-state index contributed by atoms with van der Waals surface area (Å²) in [6.07, 6.45) is 1.54. The number of nitrogens with zero attached hydrogens (tertiary/aromatic N) is 3. The first-order valence-corrected chi connectivity index (χ1v) is 9.75. The van der Waals surface area contributed by atoms with Crippen molar-refractivity contribution in [3.05, 3.63) is 76.0 Å². The number of benzene rings is 2. The second kappa shape index (κ2) is 7.95. The number of piperidine rings is 1. The highest BCUT2D eigenvalue weighted by Crippen LogP contribution is 2.26. The van der Waals surface area contributed by atoms with Gasteiger partial charge in [0, 0.05) is 24.6 Å². The molecule has 3 aromatic rings. The van der Waals surface area contributed by atoms with Crippen LogP contribution in [-0.2, 0) is 0 Å². The largest absolute Gasteiger partial charge is 0.497 e. The van der Waals surface area contributed by atoms with Gasteiger partial charge in [0.05, 0.1) is 12.8 Å². The van der Waals surface area contributed by atoms with Crippen molar-refractivity contribution < 1.29 is 9.53 Å². The van der Waals surface area contributed by atoms with Gasteiger partial charge in [-0.2, -0.15) is 4.68 Å². The fourth-order valence-electron chi connectivity index (χ4n) is 3.66. The standard InChI is InChI=1S/C22H24N4O3/c1-15-3-5-17(6-4-15)21(27)25-13-11-16(12-14-25)20-23-22(28)26(24-20)18-7-9-19(29-2)10-8-18/h3-10,16H,11-14H2,1-2H3,(H,23,24,28). The molecule has 0 unspecified atom stereocenters. The second-order valence-corrected chi connectivity index (χ2v) is 7.36. The van der Waals surface area contributed by atoms with Gasteiger partial charge in [0.15, 0.2) is 0 Å². The maximum Gasteiger partial charge on any atom is 0.348 e. The van der Waals surface area contributed by atoms with E-state index in [0.717, 1.165) is 24.2 Å². The average Bonchev–Trinajstić information content (AvgIpc) is 3.15. The summed E-state index contributed by atoms with van der Waals surface area (Å²) in [5.41, 5.74) is 2.27. The molecule has 0 bridgehead atoms. The van der Waals surface area contributed by atoms with Crippen molar-refractivity contribution in [2.45, 2.75) is 25.7 Å². The number of nitrogens with one attached hydrogen (secondary N) is 1. The Kier molecular flexibility index (Phi) is 5.20. The summed E-state index contributed by atoms with van der Waals surface area (Å²) in [5.74, 6) is 1.58. The zero-order valence-electron chi connectivity index (χ0n) is 16.6. The zero-order valence-corrected chi connectivity index (χ0v) is 16.6. The average molecular weight is 392 g/mol. The topological polar surface area (TPSA) is 80.2 Å². The summed E-state index contributed by atoms with van der Waals surface area (Å²) in [6.45, 7) is 3.30. The first-order chi connectivity index (χ1) is 14.0. The van der Waals surface area contributed by atoms with Gasteiger partial charge in [-0.3, -0.25) is 9.78 Å². The predicted molar refractivity (Wildman–Crippen MR) is 110 cm³/mol. The summed E-state index contributed by atoms with van der Waals surface area (Å²) < 4.78 is 6.53. The molecule has 4 rings (SSSR count). The molecule has 0 saturated carbocycles. The Labute approximate surface area is 168 Å². The molecule has 1 amide bonds. The normalized spacial score (nSPS) is 14.8. The SMILES string of the molecule is COc1ccc(-n2nc(C3CCN(C(=O)c4ccc(C)cc4)CC3)[nH]c2=O)cc1. The van der Waals surface area contributed by atoms with Gasteiger partial charge in [0.25, 0.3) is 5.91 Å². The Morgan fingerprint density at radius 2 is 1.72 bits per heavy atom. The second-order valence-electron chi connectivity index (χ2n) is 7.36. The first kappa shape index (κ1) is 19.0.